The van der Waals surface area contributed by atoms with Crippen molar-refractivity contribution in [1.29, 1.82) is 0 Å². The van der Waals surface area contributed by atoms with E-state index in [1.807, 2.05) is 19.9 Å². The molecule has 4 aromatic rings. The summed E-state index contributed by atoms with van der Waals surface area (Å²) in [4.78, 5) is 12.8. The van der Waals surface area contributed by atoms with Crippen molar-refractivity contribution in [2.75, 3.05) is 11.8 Å². The molecule has 0 spiro atoms. The van der Waals surface area contributed by atoms with Crippen LogP contribution in [0.15, 0.2) is 48.9 Å². The van der Waals surface area contributed by atoms with Gasteiger partial charge in [0.15, 0.2) is 11.6 Å². The van der Waals surface area contributed by atoms with Crippen LogP contribution in [0.3, 0.4) is 0 Å². The number of ether oxygens (including phenoxy) is 1. The molecule has 188 valence electrons. The molecule has 0 saturated heterocycles. The van der Waals surface area contributed by atoms with E-state index < -0.39 is 21.4 Å². The highest BCUT2D eigenvalue weighted by molar-refractivity contribution is 7.93. The molecular weight excluding hydrogens is 525 g/mol. The molecule has 0 saturated carbocycles. The maximum Gasteiger partial charge on any atom is 0.243 e. The molecular formula is C23H23Cl2N7O3S. The summed E-state index contributed by atoms with van der Waals surface area (Å²) in [5, 5.41) is 7.77. The van der Waals surface area contributed by atoms with E-state index in [4.69, 9.17) is 27.9 Å². The van der Waals surface area contributed by atoms with Crippen molar-refractivity contribution < 1.29 is 13.2 Å². The molecule has 0 aliphatic carbocycles. The molecule has 0 fully saturated rings. The lowest BCUT2D eigenvalue weighted by atomic mass is 10.2. The first-order valence-electron chi connectivity index (χ1n) is 10.8. The van der Waals surface area contributed by atoms with Gasteiger partial charge in [0, 0.05) is 25.7 Å². The molecule has 0 aliphatic rings. The van der Waals surface area contributed by atoms with Gasteiger partial charge in [-0.05, 0) is 56.2 Å². The number of hydrogen-bond donors (Lipinski definition) is 1. The molecule has 0 unspecified atom stereocenters. The van der Waals surface area contributed by atoms with Crippen LogP contribution in [-0.2, 0) is 14.8 Å². The van der Waals surface area contributed by atoms with E-state index in [0.717, 1.165) is 11.1 Å². The number of nitrogens with one attached hydrogen (secondary N) is 1. The summed E-state index contributed by atoms with van der Waals surface area (Å²) >= 11 is 13.0. The number of aryl methyl sites for hydroxylation is 2. The summed E-state index contributed by atoms with van der Waals surface area (Å²) in [6, 6.07) is 8.57. The number of hydrogen-bond acceptors (Lipinski definition) is 8. The lowest BCUT2D eigenvalue weighted by Crippen LogP contribution is -2.33. The third-order valence-electron chi connectivity index (χ3n) is 5.43. The van der Waals surface area contributed by atoms with E-state index >= 15 is 0 Å². The summed E-state index contributed by atoms with van der Waals surface area (Å²) in [5.74, 6) is 0.375. The van der Waals surface area contributed by atoms with Crippen molar-refractivity contribution in [2.45, 2.75) is 32.1 Å². The topological polar surface area (TPSA) is 125 Å². The van der Waals surface area contributed by atoms with Gasteiger partial charge in [-0.1, -0.05) is 29.3 Å². The second-order valence-electron chi connectivity index (χ2n) is 8.10. The normalized spacial score (nSPS) is 13.4. The number of pyridine rings is 1. The van der Waals surface area contributed by atoms with Gasteiger partial charge in [-0.2, -0.15) is 0 Å². The van der Waals surface area contributed by atoms with E-state index in [1.165, 1.54) is 18.6 Å². The molecule has 3 heterocycles. The molecule has 36 heavy (non-hydrogen) atoms. The summed E-state index contributed by atoms with van der Waals surface area (Å²) in [7, 11) is -2.70. The van der Waals surface area contributed by atoms with Crippen LogP contribution in [0.2, 0.25) is 10.0 Å². The first-order chi connectivity index (χ1) is 17.1. The molecule has 0 bridgehead atoms. The summed E-state index contributed by atoms with van der Waals surface area (Å²) in [6.45, 7) is 5.23. The smallest absolute Gasteiger partial charge is 0.243 e. The van der Waals surface area contributed by atoms with E-state index in [9.17, 15) is 8.42 Å². The summed E-state index contributed by atoms with van der Waals surface area (Å²) in [5.41, 5.74) is 2.53. The van der Waals surface area contributed by atoms with E-state index in [2.05, 4.69) is 29.9 Å². The Labute approximate surface area is 218 Å². The number of nitrogens with zero attached hydrogens (tertiary/aromatic N) is 6. The number of anilines is 1. The lowest BCUT2D eigenvalue weighted by Gasteiger charge is -2.22. The molecule has 2 atom stereocenters. The zero-order chi connectivity index (χ0) is 26.0. The van der Waals surface area contributed by atoms with Crippen molar-refractivity contribution in [3.63, 3.8) is 0 Å². The Kier molecular flexibility index (Phi) is 7.55. The van der Waals surface area contributed by atoms with Crippen LogP contribution in [0.1, 0.15) is 30.0 Å². The van der Waals surface area contributed by atoms with Gasteiger partial charge in [-0.3, -0.25) is 14.3 Å². The standard InChI is InChI=1S/C23H23Cl2N7O3S/c1-13-8-9-26-18(10-13)22-29-30-23(32(22)19-16(24)6-5-7-17(19)25)31-36(33,34)15(3)20(35-4)21-27-11-14(2)12-28-21/h5-12,15,20H,1-4H3,(H,30,31)/t15-,20-/m0/s1. The number of rotatable bonds is 8. The molecule has 13 heteroatoms. The Morgan fingerprint density at radius 3 is 2.28 bits per heavy atom. The maximum atomic E-state index is 13.5. The van der Waals surface area contributed by atoms with Gasteiger partial charge < -0.3 is 4.74 Å². The average Bonchev–Trinajstić information content (AvgIpc) is 3.23. The predicted molar refractivity (Wildman–Crippen MR) is 138 cm³/mol. The van der Waals surface area contributed by atoms with Gasteiger partial charge in [0.2, 0.25) is 16.0 Å². The van der Waals surface area contributed by atoms with Gasteiger partial charge >= 0.3 is 0 Å². The SMILES string of the molecule is CO[C@H](c1ncc(C)cn1)[C@H](C)S(=O)(=O)Nc1nnc(-c2cc(C)ccn2)n1-c1c(Cl)cccc1Cl. The minimum atomic E-state index is -4.10. The molecule has 0 amide bonds. The zero-order valence-electron chi connectivity index (χ0n) is 19.8. The fourth-order valence-electron chi connectivity index (χ4n) is 3.53. The van der Waals surface area contributed by atoms with Crippen molar-refractivity contribution in [1.82, 2.24) is 29.7 Å². The van der Waals surface area contributed by atoms with Gasteiger partial charge in [0.1, 0.15) is 17.0 Å². The second kappa shape index (κ2) is 10.5. The Morgan fingerprint density at radius 1 is 1.00 bits per heavy atom. The highest BCUT2D eigenvalue weighted by Gasteiger charge is 2.34. The van der Waals surface area contributed by atoms with Gasteiger partial charge in [0.05, 0.1) is 15.7 Å². The van der Waals surface area contributed by atoms with Crippen LogP contribution < -0.4 is 4.72 Å². The fourth-order valence-corrected chi connectivity index (χ4v) is 5.23. The molecule has 1 aromatic carbocycles. The predicted octanol–water partition coefficient (Wildman–Crippen LogP) is 4.56. The van der Waals surface area contributed by atoms with Crippen LogP contribution in [0, 0.1) is 13.8 Å². The van der Waals surface area contributed by atoms with Crippen LogP contribution in [0.5, 0.6) is 0 Å². The molecule has 0 aliphatic heterocycles. The van der Waals surface area contributed by atoms with E-state index in [1.54, 1.807) is 42.9 Å². The minimum Gasteiger partial charge on any atom is -0.372 e. The third-order valence-corrected chi connectivity index (χ3v) is 7.73. The molecule has 3 aromatic heterocycles. The Morgan fingerprint density at radius 2 is 1.67 bits per heavy atom. The Balaban J connectivity index is 1.80. The number of halogens is 2. The molecule has 0 radical (unpaired) electrons. The first-order valence-corrected chi connectivity index (χ1v) is 13.1. The number of benzene rings is 1. The molecule has 4 rings (SSSR count). The highest BCUT2D eigenvalue weighted by atomic mass is 35.5. The lowest BCUT2D eigenvalue weighted by molar-refractivity contribution is 0.0949. The maximum absolute atomic E-state index is 13.5. The molecule has 1 N–H and O–H groups in total. The van der Waals surface area contributed by atoms with Crippen molar-refractivity contribution >= 4 is 39.2 Å². The van der Waals surface area contributed by atoms with Crippen LogP contribution in [0.4, 0.5) is 5.95 Å². The van der Waals surface area contributed by atoms with E-state index in [-0.39, 0.29) is 27.6 Å². The van der Waals surface area contributed by atoms with Gasteiger partial charge in [-0.15, -0.1) is 10.2 Å². The summed E-state index contributed by atoms with van der Waals surface area (Å²) in [6.07, 6.45) is 3.87. The number of methoxy groups -OCH3 is 1. The van der Waals surface area contributed by atoms with Crippen molar-refractivity contribution in [3.8, 4) is 17.2 Å². The quantitative estimate of drug-likeness (QED) is 0.340. The minimum absolute atomic E-state index is 0.116. The van der Waals surface area contributed by atoms with Crippen molar-refractivity contribution in [2.24, 2.45) is 0 Å². The summed E-state index contributed by atoms with van der Waals surface area (Å²) < 4.78 is 36.4. The van der Waals surface area contributed by atoms with Gasteiger partial charge in [-0.25, -0.2) is 18.4 Å². The Bertz CT molecular complexity index is 1470. The zero-order valence-corrected chi connectivity index (χ0v) is 22.2. The van der Waals surface area contributed by atoms with Crippen molar-refractivity contribution in [3.05, 3.63) is 75.9 Å². The first kappa shape index (κ1) is 26.0. The number of sulfonamides is 1. The Hall–Kier alpha value is -3.12. The van der Waals surface area contributed by atoms with Gasteiger partial charge in [0.25, 0.3) is 0 Å². The number of para-hydroxylation sites is 1. The van der Waals surface area contributed by atoms with Crippen LogP contribution in [-0.4, -0.2) is 50.5 Å². The highest BCUT2D eigenvalue weighted by Crippen LogP contribution is 2.35. The second-order valence-corrected chi connectivity index (χ2v) is 11.0. The fraction of sp³-hybridized carbons (Fsp3) is 0.261. The average molecular weight is 548 g/mol. The third kappa shape index (κ3) is 5.19. The van der Waals surface area contributed by atoms with Crippen LogP contribution >= 0.6 is 23.2 Å². The number of aromatic nitrogens is 6. The molecule has 10 nitrogen and oxygen atoms in total. The van der Waals surface area contributed by atoms with Crippen LogP contribution in [0.25, 0.3) is 17.2 Å². The van der Waals surface area contributed by atoms with E-state index in [0.29, 0.717) is 11.4 Å². The largest absolute Gasteiger partial charge is 0.372 e. The monoisotopic (exact) mass is 547 g/mol.